The van der Waals surface area contributed by atoms with Gasteiger partial charge in [-0.25, -0.2) is 0 Å². The fourth-order valence-electron chi connectivity index (χ4n) is 1.61. The minimum Gasteiger partial charge on any atom is -0.299 e. The zero-order chi connectivity index (χ0) is 12.3. The van der Waals surface area contributed by atoms with Gasteiger partial charge in [-0.1, -0.05) is 32.0 Å². The van der Waals surface area contributed by atoms with E-state index in [9.17, 15) is 18.0 Å². The van der Waals surface area contributed by atoms with Crippen LogP contribution in [0.3, 0.4) is 0 Å². The van der Waals surface area contributed by atoms with Crippen LogP contribution in [0.15, 0.2) is 24.3 Å². The normalized spacial score (nSPS) is 13.6. The SMILES string of the molecule is CCC(=O)C(C)c1ccccc1C(F)(F)F. The summed E-state index contributed by atoms with van der Waals surface area (Å²) in [6, 6.07) is 5.22. The first-order chi connectivity index (χ1) is 7.38. The zero-order valence-electron chi connectivity index (χ0n) is 9.14. The molecule has 88 valence electrons. The third-order valence-electron chi connectivity index (χ3n) is 2.56. The highest BCUT2D eigenvalue weighted by Crippen LogP contribution is 2.35. The summed E-state index contributed by atoms with van der Waals surface area (Å²) in [4.78, 5) is 11.4. The molecule has 0 aliphatic rings. The van der Waals surface area contributed by atoms with Gasteiger partial charge in [0, 0.05) is 12.3 Å². The van der Waals surface area contributed by atoms with Gasteiger partial charge in [-0.05, 0) is 11.6 Å². The van der Waals surface area contributed by atoms with Crippen LogP contribution in [0, 0.1) is 0 Å². The summed E-state index contributed by atoms with van der Waals surface area (Å²) >= 11 is 0. The number of carbonyl (C=O) groups excluding carboxylic acids is 1. The van der Waals surface area contributed by atoms with Crippen LogP contribution in [-0.4, -0.2) is 5.78 Å². The van der Waals surface area contributed by atoms with Crippen LogP contribution in [0.1, 0.15) is 37.3 Å². The van der Waals surface area contributed by atoms with Crippen molar-refractivity contribution >= 4 is 5.78 Å². The minimum atomic E-state index is -4.40. The van der Waals surface area contributed by atoms with Crippen LogP contribution in [0.2, 0.25) is 0 Å². The monoisotopic (exact) mass is 230 g/mol. The fraction of sp³-hybridized carbons (Fsp3) is 0.417. The molecule has 0 spiro atoms. The molecule has 0 heterocycles. The molecule has 0 radical (unpaired) electrons. The van der Waals surface area contributed by atoms with E-state index in [2.05, 4.69) is 0 Å². The van der Waals surface area contributed by atoms with Gasteiger partial charge < -0.3 is 0 Å². The van der Waals surface area contributed by atoms with Crippen molar-refractivity contribution < 1.29 is 18.0 Å². The second-order valence-electron chi connectivity index (χ2n) is 3.63. The van der Waals surface area contributed by atoms with E-state index in [1.54, 1.807) is 6.92 Å². The Morgan fingerprint density at radius 2 is 1.88 bits per heavy atom. The fourth-order valence-corrected chi connectivity index (χ4v) is 1.61. The predicted molar refractivity (Wildman–Crippen MR) is 55.2 cm³/mol. The topological polar surface area (TPSA) is 17.1 Å². The second kappa shape index (κ2) is 4.68. The van der Waals surface area contributed by atoms with Crippen molar-refractivity contribution in [3.8, 4) is 0 Å². The van der Waals surface area contributed by atoms with Crippen LogP contribution >= 0.6 is 0 Å². The summed E-state index contributed by atoms with van der Waals surface area (Å²) in [5, 5.41) is 0. The van der Waals surface area contributed by atoms with Crippen LogP contribution in [-0.2, 0) is 11.0 Å². The number of carbonyl (C=O) groups is 1. The molecule has 0 fully saturated rings. The second-order valence-corrected chi connectivity index (χ2v) is 3.63. The summed E-state index contributed by atoms with van der Waals surface area (Å²) < 4.78 is 38.0. The predicted octanol–water partition coefficient (Wildman–Crippen LogP) is 3.79. The Hall–Kier alpha value is -1.32. The number of Topliss-reactive ketones (excluding diaryl/α,β-unsaturated/α-hetero) is 1. The van der Waals surface area contributed by atoms with E-state index < -0.39 is 17.7 Å². The maximum atomic E-state index is 12.7. The Balaban J connectivity index is 3.19. The Kier molecular flexibility index (Phi) is 3.73. The summed E-state index contributed by atoms with van der Waals surface area (Å²) in [5.74, 6) is -0.889. The average Bonchev–Trinajstić information content (AvgIpc) is 2.26. The van der Waals surface area contributed by atoms with Crippen LogP contribution < -0.4 is 0 Å². The Morgan fingerprint density at radius 1 is 1.31 bits per heavy atom. The Morgan fingerprint density at radius 3 is 2.38 bits per heavy atom. The largest absolute Gasteiger partial charge is 0.416 e. The number of rotatable bonds is 3. The van der Waals surface area contributed by atoms with Gasteiger partial charge in [0.15, 0.2) is 0 Å². The van der Waals surface area contributed by atoms with Gasteiger partial charge >= 0.3 is 6.18 Å². The lowest BCUT2D eigenvalue weighted by Gasteiger charge is -2.16. The summed E-state index contributed by atoms with van der Waals surface area (Å²) in [5.41, 5.74) is -0.661. The number of hydrogen-bond donors (Lipinski definition) is 0. The van der Waals surface area contributed by atoms with Crippen molar-refractivity contribution in [2.75, 3.05) is 0 Å². The van der Waals surface area contributed by atoms with Crippen LogP contribution in [0.4, 0.5) is 13.2 Å². The molecule has 0 aliphatic heterocycles. The van der Waals surface area contributed by atoms with Gasteiger partial charge in [0.2, 0.25) is 0 Å². The van der Waals surface area contributed by atoms with Crippen LogP contribution in [0.5, 0.6) is 0 Å². The van der Waals surface area contributed by atoms with Crippen molar-refractivity contribution in [1.82, 2.24) is 0 Å². The van der Waals surface area contributed by atoms with Crippen molar-refractivity contribution in [3.05, 3.63) is 35.4 Å². The molecule has 1 rings (SSSR count). The maximum absolute atomic E-state index is 12.7. The molecular formula is C12H13F3O. The lowest BCUT2D eigenvalue weighted by Crippen LogP contribution is -2.15. The van der Waals surface area contributed by atoms with Crippen molar-refractivity contribution in [1.29, 1.82) is 0 Å². The number of hydrogen-bond acceptors (Lipinski definition) is 1. The molecule has 1 aromatic rings. The quantitative estimate of drug-likeness (QED) is 0.772. The molecule has 0 bridgehead atoms. The van der Waals surface area contributed by atoms with E-state index in [1.165, 1.54) is 25.1 Å². The molecule has 0 aliphatic carbocycles. The molecule has 1 unspecified atom stereocenters. The Bertz CT molecular complexity index is 382. The molecule has 0 saturated heterocycles. The van der Waals surface area contributed by atoms with E-state index in [0.29, 0.717) is 0 Å². The number of halogens is 3. The van der Waals surface area contributed by atoms with Gasteiger partial charge in [0.1, 0.15) is 5.78 Å². The molecule has 0 aromatic heterocycles. The first-order valence-electron chi connectivity index (χ1n) is 5.06. The highest BCUT2D eigenvalue weighted by molar-refractivity contribution is 5.85. The lowest BCUT2D eigenvalue weighted by molar-refractivity contribution is -0.138. The third kappa shape index (κ3) is 2.62. The van der Waals surface area contributed by atoms with Gasteiger partial charge in [0.25, 0.3) is 0 Å². The van der Waals surface area contributed by atoms with Gasteiger partial charge in [0.05, 0.1) is 5.56 Å². The number of alkyl halides is 3. The van der Waals surface area contributed by atoms with E-state index >= 15 is 0 Å². The highest BCUT2D eigenvalue weighted by Gasteiger charge is 2.34. The maximum Gasteiger partial charge on any atom is 0.416 e. The first kappa shape index (κ1) is 12.7. The van der Waals surface area contributed by atoms with E-state index in [4.69, 9.17) is 0 Å². The van der Waals surface area contributed by atoms with Crippen LogP contribution in [0.25, 0.3) is 0 Å². The van der Waals surface area contributed by atoms with E-state index in [1.807, 2.05) is 0 Å². The van der Waals surface area contributed by atoms with Gasteiger partial charge in [-0.2, -0.15) is 13.2 Å². The van der Waals surface area contributed by atoms with Crippen molar-refractivity contribution in [3.63, 3.8) is 0 Å². The minimum absolute atomic E-state index is 0.0573. The number of ketones is 1. The molecule has 0 saturated carbocycles. The summed E-state index contributed by atoms with van der Waals surface area (Å²) in [6.45, 7) is 3.16. The molecule has 1 atom stereocenters. The van der Waals surface area contributed by atoms with E-state index in [-0.39, 0.29) is 17.8 Å². The highest BCUT2D eigenvalue weighted by atomic mass is 19.4. The molecule has 16 heavy (non-hydrogen) atoms. The smallest absolute Gasteiger partial charge is 0.299 e. The first-order valence-corrected chi connectivity index (χ1v) is 5.06. The Labute approximate surface area is 92.3 Å². The summed E-state index contributed by atoms with van der Waals surface area (Å²) in [7, 11) is 0. The standard InChI is InChI=1S/C12H13F3O/c1-3-11(16)8(2)9-6-4-5-7-10(9)12(13,14)15/h4-8H,3H2,1-2H3. The average molecular weight is 230 g/mol. The zero-order valence-corrected chi connectivity index (χ0v) is 9.14. The molecule has 1 nitrogen and oxygen atoms in total. The summed E-state index contributed by atoms with van der Waals surface area (Å²) in [6.07, 6.45) is -4.16. The number of benzene rings is 1. The third-order valence-corrected chi connectivity index (χ3v) is 2.56. The molecule has 0 amide bonds. The molecule has 4 heteroatoms. The molecular weight excluding hydrogens is 217 g/mol. The molecule has 0 N–H and O–H groups in total. The molecule has 1 aromatic carbocycles. The van der Waals surface area contributed by atoms with E-state index in [0.717, 1.165) is 6.07 Å². The van der Waals surface area contributed by atoms with Crippen molar-refractivity contribution in [2.24, 2.45) is 0 Å². The van der Waals surface area contributed by atoms with Crippen molar-refractivity contribution in [2.45, 2.75) is 32.4 Å². The van der Waals surface area contributed by atoms with Gasteiger partial charge in [-0.15, -0.1) is 0 Å². The lowest BCUT2D eigenvalue weighted by atomic mass is 9.91. The van der Waals surface area contributed by atoms with Gasteiger partial charge in [-0.3, -0.25) is 4.79 Å².